The summed E-state index contributed by atoms with van der Waals surface area (Å²) in [4.78, 5) is 17.9. The van der Waals surface area contributed by atoms with Gasteiger partial charge in [-0.2, -0.15) is 0 Å². The summed E-state index contributed by atoms with van der Waals surface area (Å²) >= 11 is 0. The summed E-state index contributed by atoms with van der Waals surface area (Å²) in [7, 11) is 1.94. The molecule has 0 bridgehead atoms. The number of carbonyl (C=O) groups is 1. The maximum Gasteiger partial charge on any atom is 0.308 e. The number of rotatable bonds is 3. The van der Waals surface area contributed by atoms with Crippen molar-refractivity contribution in [1.82, 2.24) is 14.5 Å². The lowest BCUT2D eigenvalue weighted by Gasteiger charge is -2.34. The van der Waals surface area contributed by atoms with E-state index in [1.165, 1.54) is 19.3 Å². The van der Waals surface area contributed by atoms with Gasteiger partial charge in [-0.05, 0) is 12.8 Å². The van der Waals surface area contributed by atoms with Gasteiger partial charge in [0.2, 0.25) is 0 Å². The number of aliphatic carboxylic acids is 1. The number of imidazole rings is 1. The van der Waals surface area contributed by atoms with Gasteiger partial charge in [0, 0.05) is 44.0 Å². The van der Waals surface area contributed by atoms with Crippen LogP contribution < -0.4 is 0 Å². The molecule has 1 aliphatic heterocycles. The van der Waals surface area contributed by atoms with E-state index in [1.54, 1.807) is 6.33 Å². The maximum absolute atomic E-state index is 11.4. The monoisotopic (exact) mass is 249 g/mol. The summed E-state index contributed by atoms with van der Waals surface area (Å²) in [6.07, 6.45) is 7.30. The third-order valence-corrected chi connectivity index (χ3v) is 4.49. The van der Waals surface area contributed by atoms with Gasteiger partial charge < -0.3 is 9.67 Å². The predicted molar refractivity (Wildman–Crippen MR) is 66.3 cm³/mol. The average Bonchev–Trinajstić information content (AvgIpc) is 2.81. The first kappa shape index (κ1) is 11.7. The Morgan fingerprint density at radius 3 is 2.72 bits per heavy atom. The van der Waals surface area contributed by atoms with Crippen molar-refractivity contribution in [2.24, 2.45) is 13.0 Å². The molecule has 3 rings (SSSR count). The Kier molecular flexibility index (Phi) is 2.86. The molecule has 1 saturated carbocycles. The second-order valence-electron chi connectivity index (χ2n) is 5.52. The van der Waals surface area contributed by atoms with Gasteiger partial charge in [-0.1, -0.05) is 6.42 Å². The van der Waals surface area contributed by atoms with Crippen LogP contribution in [-0.2, 0) is 11.8 Å². The van der Waals surface area contributed by atoms with Crippen molar-refractivity contribution in [1.29, 1.82) is 0 Å². The number of carboxylic acids is 1. The lowest BCUT2D eigenvalue weighted by atomic mass is 9.92. The second kappa shape index (κ2) is 4.39. The summed E-state index contributed by atoms with van der Waals surface area (Å²) in [6, 6.07) is 0.616. The van der Waals surface area contributed by atoms with Crippen molar-refractivity contribution in [3.8, 4) is 0 Å². The number of aromatic nitrogens is 2. The summed E-state index contributed by atoms with van der Waals surface area (Å²) in [5, 5.41) is 9.41. The Labute approximate surface area is 106 Å². The molecule has 0 amide bonds. The molecule has 1 N–H and O–H groups in total. The largest absolute Gasteiger partial charge is 0.481 e. The summed E-state index contributed by atoms with van der Waals surface area (Å²) < 4.78 is 1.95. The third-order valence-electron chi connectivity index (χ3n) is 4.49. The topological polar surface area (TPSA) is 58.4 Å². The molecule has 2 atom stereocenters. The van der Waals surface area contributed by atoms with Gasteiger partial charge in [-0.15, -0.1) is 0 Å². The van der Waals surface area contributed by atoms with Crippen molar-refractivity contribution < 1.29 is 9.90 Å². The fourth-order valence-corrected chi connectivity index (χ4v) is 3.16. The third kappa shape index (κ3) is 1.82. The zero-order valence-electron chi connectivity index (χ0n) is 10.6. The molecular formula is C13H19N3O2. The van der Waals surface area contributed by atoms with Crippen molar-refractivity contribution in [3.05, 3.63) is 18.2 Å². The van der Waals surface area contributed by atoms with E-state index >= 15 is 0 Å². The van der Waals surface area contributed by atoms with Crippen molar-refractivity contribution in [2.75, 3.05) is 13.1 Å². The van der Waals surface area contributed by atoms with Crippen molar-refractivity contribution in [2.45, 2.75) is 31.2 Å². The highest BCUT2D eigenvalue weighted by Gasteiger charge is 2.43. The molecule has 98 valence electrons. The SMILES string of the molecule is Cn1cncc1[C@@H]1CN(C2CCC2)C[C@H]1C(=O)O. The number of likely N-dealkylation sites (tertiary alicyclic amines) is 1. The molecule has 5 nitrogen and oxygen atoms in total. The molecule has 1 aliphatic carbocycles. The maximum atomic E-state index is 11.4. The van der Waals surface area contributed by atoms with E-state index in [9.17, 15) is 9.90 Å². The first-order valence-electron chi connectivity index (χ1n) is 6.60. The number of hydrogen-bond acceptors (Lipinski definition) is 3. The Bertz CT molecular complexity index is 453. The van der Waals surface area contributed by atoms with E-state index < -0.39 is 5.97 Å². The smallest absolute Gasteiger partial charge is 0.308 e. The van der Waals surface area contributed by atoms with E-state index in [0.717, 1.165) is 12.2 Å². The molecular weight excluding hydrogens is 230 g/mol. The predicted octanol–water partition coefficient (Wildman–Crippen LogP) is 1.07. The molecule has 5 heteroatoms. The Morgan fingerprint density at radius 1 is 1.44 bits per heavy atom. The summed E-state index contributed by atoms with van der Waals surface area (Å²) in [5.74, 6) is -0.889. The highest BCUT2D eigenvalue weighted by atomic mass is 16.4. The van der Waals surface area contributed by atoms with Crippen LogP contribution in [0.15, 0.2) is 12.5 Å². The molecule has 2 fully saturated rings. The highest BCUT2D eigenvalue weighted by Crippen LogP contribution is 2.37. The fraction of sp³-hybridized carbons (Fsp3) is 0.692. The molecule has 0 spiro atoms. The van der Waals surface area contributed by atoms with Gasteiger partial charge in [-0.25, -0.2) is 4.98 Å². The van der Waals surface area contributed by atoms with Crippen LogP contribution in [0.2, 0.25) is 0 Å². The number of nitrogens with zero attached hydrogens (tertiary/aromatic N) is 3. The lowest BCUT2D eigenvalue weighted by molar-refractivity contribution is -0.141. The minimum Gasteiger partial charge on any atom is -0.481 e. The van der Waals surface area contributed by atoms with Gasteiger partial charge in [0.15, 0.2) is 0 Å². The van der Waals surface area contributed by atoms with E-state index in [0.29, 0.717) is 12.6 Å². The summed E-state index contributed by atoms with van der Waals surface area (Å²) in [5.41, 5.74) is 1.05. The molecule has 0 unspecified atom stereocenters. The van der Waals surface area contributed by atoms with Crippen molar-refractivity contribution in [3.63, 3.8) is 0 Å². The number of carboxylic acid groups (broad SMARTS) is 1. The molecule has 2 aliphatic rings. The van der Waals surface area contributed by atoms with Gasteiger partial charge in [-0.3, -0.25) is 9.69 Å². The molecule has 18 heavy (non-hydrogen) atoms. The number of aryl methyl sites for hydroxylation is 1. The van der Waals surface area contributed by atoms with Gasteiger partial charge in [0.25, 0.3) is 0 Å². The van der Waals surface area contributed by atoms with Crippen LogP contribution in [0.3, 0.4) is 0 Å². The first-order valence-corrected chi connectivity index (χ1v) is 6.60. The van der Waals surface area contributed by atoms with Crippen LogP contribution in [0, 0.1) is 5.92 Å². The van der Waals surface area contributed by atoms with E-state index in [-0.39, 0.29) is 11.8 Å². The second-order valence-corrected chi connectivity index (χ2v) is 5.52. The lowest BCUT2D eigenvalue weighted by Crippen LogP contribution is -2.39. The Hall–Kier alpha value is -1.36. The highest BCUT2D eigenvalue weighted by molar-refractivity contribution is 5.72. The van der Waals surface area contributed by atoms with Crippen LogP contribution >= 0.6 is 0 Å². The van der Waals surface area contributed by atoms with Crippen LogP contribution in [0.4, 0.5) is 0 Å². The average molecular weight is 249 g/mol. The standard InChI is InChI=1S/C13H19N3O2/c1-15-8-14-5-12(15)10-6-16(9-3-2-4-9)7-11(10)13(17)18/h5,8-11H,2-4,6-7H2,1H3,(H,17,18)/t10-,11-/m1/s1. The molecule has 0 aromatic carbocycles. The van der Waals surface area contributed by atoms with E-state index in [1.807, 2.05) is 17.8 Å². The molecule has 1 aromatic rings. The van der Waals surface area contributed by atoms with Crippen LogP contribution in [0.5, 0.6) is 0 Å². The van der Waals surface area contributed by atoms with Gasteiger partial charge >= 0.3 is 5.97 Å². The minimum absolute atomic E-state index is 0.0793. The quantitative estimate of drug-likeness (QED) is 0.870. The molecule has 2 heterocycles. The van der Waals surface area contributed by atoms with Crippen LogP contribution in [0.25, 0.3) is 0 Å². The molecule has 0 radical (unpaired) electrons. The normalized spacial score (nSPS) is 29.4. The zero-order valence-corrected chi connectivity index (χ0v) is 10.6. The van der Waals surface area contributed by atoms with Crippen LogP contribution in [0.1, 0.15) is 30.9 Å². The van der Waals surface area contributed by atoms with E-state index in [4.69, 9.17) is 0 Å². The fourth-order valence-electron chi connectivity index (χ4n) is 3.16. The molecule has 1 saturated heterocycles. The summed E-state index contributed by atoms with van der Waals surface area (Å²) in [6.45, 7) is 1.55. The van der Waals surface area contributed by atoms with Gasteiger partial charge in [0.05, 0.1) is 12.2 Å². The first-order chi connectivity index (χ1) is 8.66. The minimum atomic E-state index is -0.678. The zero-order chi connectivity index (χ0) is 12.7. The Balaban J connectivity index is 1.82. The van der Waals surface area contributed by atoms with E-state index in [2.05, 4.69) is 9.88 Å². The van der Waals surface area contributed by atoms with Crippen molar-refractivity contribution >= 4 is 5.97 Å². The number of hydrogen-bond donors (Lipinski definition) is 1. The molecule has 1 aromatic heterocycles. The Morgan fingerprint density at radius 2 is 2.22 bits per heavy atom. The van der Waals surface area contributed by atoms with Crippen LogP contribution in [-0.4, -0.2) is 44.7 Å². The van der Waals surface area contributed by atoms with Gasteiger partial charge in [0.1, 0.15) is 0 Å².